The van der Waals surface area contributed by atoms with Crippen molar-refractivity contribution >= 4 is 15.9 Å². The maximum atomic E-state index is 10.1. The molecule has 0 amide bonds. The van der Waals surface area contributed by atoms with Gasteiger partial charge in [0.05, 0.1) is 22.0 Å². The van der Waals surface area contributed by atoms with Crippen LogP contribution in [0, 0.1) is 5.92 Å². The van der Waals surface area contributed by atoms with Crippen molar-refractivity contribution in [3.63, 3.8) is 0 Å². The zero-order valence-corrected chi connectivity index (χ0v) is 14.0. The van der Waals surface area contributed by atoms with Crippen molar-refractivity contribution in [2.24, 2.45) is 5.92 Å². The summed E-state index contributed by atoms with van der Waals surface area (Å²) < 4.78 is 3.04. The number of rotatable bonds is 8. The molecule has 0 aromatic carbocycles. The van der Waals surface area contributed by atoms with Gasteiger partial charge < -0.3 is 10.4 Å². The van der Waals surface area contributed by atoms with Gasteiger partial charge in [-0.25, -0.2) is 0 Å². The Hall–Kier alpha value is -0.390. The molecule has 0 aliphatic rings. The minimum atomic E-state index is -0.373. The second kappa shape index (κ2) is 8.02. The summed E-state index contributed by atoms with van der Waals surface area (Å²) in [5.41, 5.74) is 2.16. The molecule has 1 aromatic heterocycles. The van der Waals surface area contributed by atoms with Crippen LogP contribution in [0.2, 0.25) is 0 Å². The Morgan fingerprint density at radius 3 is 2.53 bits per heavy atom. The number of aliphatic hydroxyl groups excluding tert-OH is 1. The first-order chi connectivity index (χ1) is 8.99. The quantitative estimate of drug-likeness (QED) is 0.768. The van der Waals surface area contributed by atoms with Crippen LogP contribution in [0.4, 0.5) is 0 Å². The molecule has 0 aliphatic heterocycles. The minimum Gasteiger partial charge on any atom is -0.391 e. The lowest BCUT2D eigenvalue weighted by Gasteiger charge is -2.14. The Morgan fingerprint density at radius 1 is 1.32 bits per heavy atom. The summed E-state index contributed by atoms with van der Waals surface area (Å²) in [4.78, 5) is 0. The molecule has 0 bridgehead atoms. The smallest absolute Gasteiger partial charge is 0.0766 e. The molecule has 1 atom stereocenters. The molecule has 19 heavy (non-hydrogen) atoms. The van der Waals surface area contributed by atoms with E-state index in [4.69, 9.17) is 0 Å². The highest BCUT2D eigenvalue weighted by Crippen LogP contribution is 2.23. The third-order valence-electron chi connectivity index (χ3n) is 3.06. The van der Waals surface area contributed by atoms with E-state index >= 15 is 0 Å². The molecule has 1 rings (SSSR count). The van der Waals surface area contributed by atoms with Gasteiger partial charge in [-0.1, -0.05) is 20.8 Å². The minimum absolute atomic E-state index is 0.373. The number of hydrogen-bond acceptors (Lipinski definition) is 3. The molecule has 2 N–H and O–H groups in total. The summed E-state index contributed by atoms with van der Waals surface area (Å²) in [6.45, 7) is 10.9. The van der Waals surface area contributed by atoms with Crippen molar-refractivity contribution in [3.05, 3.63) is 15.9 Å². The highest BCUT2D eigenvalue weighted by molar-refractivity contribution is 9.10. The van der Waals surface area contributed by atoms with E-state index in [1.165, 1.54) is 0 Å². The highest BCUT2D eigenvalue weighted by Gasteiger charge is 2.17. The first-order valence-electron chi connectivity index (χ1n) is 7.12. The third-order valence-corrected chi connectivity index (χ3v) is 3.97. The largest absolute Gasteiger partial charge is 0.391 e. The summed E-state index contributed by atoms with van der Waals surface area (Å²) >= 11 is 3.61. The maximum absolute atomic E-state index is 10.1. The predicted octanol–water partition coefficient (Wildman–Crippen LogP) is 2.38. The van der Waals surface area contributed by atoms with E-state index in [1.807, 2.05) is 4.68 Å². The van der Waals surface area contributed by atoms with Gasteiger partial charge in [-0.2, -0.15) is 5.10 Å². The molecule has 4 nitrogen and oxygen atoms in total. The standard InChI is InChI=1S/C14H26BrN3O/c1-5-12-14(15)13(18(6-2)17-12)7-11(19)9-16-8-10(3)4/h10-11,16,19H,5-9H2,1-4H3. The molecule has 0 aliphatic carbocycles. The Labute approximate surface area is 124 Å². The monoisotopic (exact) mass is 331 g/mol. The van der Waals surface area contributed by atoms with Gasteiger partial charge in [-0.3, -0.25) is 4.68 Å². The van der Waals surface area contributed by atoms with Gasteiger partial charge in [0.1, 0.15) is 0 Å². The van der Waals surface area contributed by atoms with Gasteiger partial charge in [0.15, 0.2) is 0 Å². The number of aliphatic hydroxyl groups is 1. The van der Waals surface area contributed by atoms with E-state index in [2.05, 4.69) is 54.0 Å². The van der Waals surface area contributed by atoms with Crippen LogP contribution in [0.25, 0.3) is 0 Å². The van der Waals surface area contributed by atoms with Crippen molar-refractivity contribution in [2.45, 2.75) is 53.2 Å². The van der Waals surface area contributed by atoms with Crippen LogP contribution >= 0.6 is 15.9 Å². The second-order valence-corrected chi connectivity index (χ2v) is 6.08. The topological polar surface area (TPSA) is 50.1 Å². The Morgan fingerprint density at radius 2 is 2.00 bits per heavy atom. The number of hydrogen-bond donors (Lipinski definition) is 2. The van der Waals surface area contributed by atoms with E-state index < -0.39 is 0 Å². The van der Waals surface area contributed by atoms with Gasteiger partial charge in [-0.15, -0.1) is 0 Å². The molecule has 1 aromatic rings. The van der Waals surface area contributed by atoms with Crippen LogP contribution in [0.5, 0.6) is 0 Å². The zero-order valence-electron chi connectivity index (χ0n) is 12.4. The maximum Gasteiger partial charge on any atom is 0.0766 e. The van der Waals surface area contributed by atoms with E-state index in [9.17, 15) is 5.11 Å². The number of halogens is 1. The first kappa shape index (κ1) is 16.7. The Balaban J connectivity index is 2.62. The van der Waals surface area contributed by atoms with Crippen molar-refractivity contribution < 1.29 is 5.11 Å². The summed E-state index contributed by atoms with van der Waals surface area (Å²) in [6.07, 6.45) is 1.16. The Kier molecular flexibility index (Phi) is 7.04. The molecule has 5 heteroatoms. The molecule has 0 saturated carbocycles. The highest BCUT2D eigenvalue weighted by atomic mass is 79.9. The van der Waals surface area contributed by atoms with Crippen molar-refractivity contribution in [1.29, 1.82) is 0 Å². The van der Waals surface area contributed by atoms with Gasteiger partial charge in [-0.05, 0) is 41.7 Å². The Bertz CT molecular complexity index is 390. The van der Waals surface area contributed by atoms with Gasteiger partial charge in [0.25, 0.3) is 0 Å². The van der Waals surface area contributed by atoms with Crippen molar-refractivity contribution in [2.75, 3.05) is 13.1 Å². The average molecular weight is 332 g/mol. The van der Waals surface area contributed by atoms with Crippen LogP contribution < -0.4 is 5.32 Å². The van der Waals surface area contributed by atoms with Crippen LogP contribution in [0.15, 0.2) is 4.47 Å². The number of aromatic nitrogens is 2. The predicted molar refractivity (Wildman–Crippen MR) is 82.4 cm³/mol. The summed E-state index contributed by atoms with van der Waals surface area (Å²) in [5, 5.41) is 18.0. The molecule has 110 valence electrons. The first-order valence-corrected chi connectivity index (χ1v) is 7.91. The summed E-state index contributed by atoms with van der Waals surface area (Å²) in [7, 11) is 0. The van der Waals surface area contributed by atoms with E-state index in [-0.39, 0.29) is 6.10 Å². The number of nitrogens with one attached hydrogen (secondary N) is 1. The van der Waals surface area contributed by atoms with E-state index in [0.29, 0.717) is 18.9 Å². The van der Waals surface area contributed by atoms with Gasteiger partial charge in [0.2, 0.25) is 0 Å². The number of aryl methyl sites for hydroxylation is 2. The summed E-state index contributed by atoms with van der Waals surface area (Å²) in [5.74, 6) is 0.604. The number of nitrogens with zero attached hydrogens (tertiary/aromatic N) is 2. The average Bonchev–Trinajstić information content (AvgIpc) is 2.66. The van der Waals surface area contributed by atoms with Crippen molar-refractivity contribution in [3.8, 4) is 0 Å². The molecule has 0 saturated heterocycles. The van der Waals surface area contributed by atoms with Crippen LogP contribution in [0.1, 0.15) is 39.1 Å². The second-order valence-electron chi connectivity index (χ2n) is 5.29. The normalized spacial score (nSPS) is 13.2. The van der Waals surface area contributed by atoms with Crippen LogP contribution in [0.3, 0.4) is 0 Å². The fourth-order valence-electron chi connectivity index (χ4n) is 2.05. The summed E-state index contributed by atoms with van der Waals surface area (Å²) in [6, 6.07) is 0. The van der Waals surface area contributed by atoms with E-state index in [1.54, 1.807) is 0 Å². The SMILES string of the molecule is CCc1nn(CC)c(CC(O)CNCC(C)C)c1Br. The molecule has 1 heterocycles. The lowest BCUT2D eigenvalue weighted by atomic mass is 10.1. The molecule has 0 spiro atoms. The molecular formula is C14H26BrN3O. The fraction of sp³-hybridized carbons (Fsp3) is 0.786. The van der Waals surface area contributed by atoms with Crippen molar-refractivity contribution in [1.82, 2.24) is 15.1 Å². The van der Waals surface area contributed by atoms with E-state index in [0.717, 1.165) is 35.4 Å². The van der Waals surface area contributed by atoms with Gasteiger partial charge >= 0.3 is 0 Å². The fourth-order valence-corrected chi connectivity index (χ4v) is 2.77. The van der Waals surface area contributed by atoms with Gasteiger partial charge in [0, 0.05) is 19.5 Å². The van der Waals surface area contributed by atoms with Crippen LogP contribution in [-0.4, -0.2) is 34.1 Å². The lowest BCUT2D eigenvalue weighted by Crippen LogP contribution is -2.31. The van der Waals surface area contributed by atoms with Crippen LogP contribution in [-0.2, 0) is 19.4 Å². The zero-order chi connectivity index (χ0) is 14.4. The molecule has 0 radical (unpaired) electrons. The third kappa shape index (κ3) is 4.89. The molecular weight excluding hydrogens is 306 g/mol. The lowest BCUT2D eigenvalue weighted by molar-refractivity contribution is 0.168. The molecule has 1 unspecified atom stereocenters. The molecule has 0 fully saturated rings.